The van der Waals surface area contributed by atoms with Gasteiger partial charge in [-0.15, -0.1) is 0 Å². The zero-order chi connectivity index (χ0) is 14.7. The molecule has 8 heteroatoms. The minimum atomic E-state index is -0.833. The molecule has 102 valence electrons. The summed E-state index contributed by atoms with van der Waals surface area (Å²) < 4.78 is 12.9. The third kappa shape index (κ3) is 2.89. The Morgan fingerprint density at radius 1 is 1.30 bits per heavy atom. The largest absolute Gasteiger partial charge is 0.306 e. The quantitative estimate of drug-likeness (QED) is 0.536. The summed E-state index contributed by atoms with van der Waals surface area (Å²) in [5.41, 5.74) is -0.739. The van der Waals surface area contributed by atoms with Crippen molar-refractivity contribution >= 4 is 29.0 Å². The highest BCUT2D eigenvalue weighted by Gasteiger charge is 2.23. The number of nitrogens with one attached hydrogen (secondary N) is 1. The van der Waals surface area contributed by atoms with Crippen LogP contribution in [0.5, 0.6) is 0 Å². The standard InChI is InChI=1S/C12H7ClFN3O3/c13-7-3-1-4-8(17(19)20)11(7)12(18)16-10-6-2-5-9(14)15-10/h1-6H,(H,15,16,18). The molecule has 1 amide bonds. The summed E-state index contributed by atoms with van der Waals surface area (Å²) in [6, 6.07) is 7.66. The van der Waals surface area contributed by atoms with Crippen molar-refractivity contribution in [2.75, 3.05) is 5.32 Å². The summed E-state index contributed by atoms with van der Waals surface area (Å²) in [5, 5.41) is 13.1. The average Bonchev–Trinajstić information content (AvgIpc) is 2.38. The minimum absolute atomic E-state index is 0.0655. The van der Waals surface area contributed by atoms with Crippen molar-refractivity contribution in [2.24, 2.45) is 0 Å². The second kappa shape index (κ2) is 5.62. The summed E-state index contributed by atoms with van der Waals surface area (Å²) in [4.78, 5) is 25.6. The van der Waals surface area contributed by atoms with Crippen LogP contribution < -0.4 is 5.32 Å². The Morgan fingerprint density at radius 3 is 2.65 bits per heavy atom. The number of hydrogen-bond acceptors (Lipinski definition) is 4. The van der Waals surface area contributed by atoms with Crippen LogP contribution in [0.4, 0.5) is 15.9 Å². The van der Waals surface area contributed by atoms with Gasteiger partial charge in [-0.2, -0.15) is 4.39 Å². The number of benzene rings is 1. The molecule has 1 heterocycles. The molecule has 0 spiro atoms. The monoisotopic (exact) mass is 295 g/mol. The van der Waals surface area contributed by atoms with Crippen molar-refractivity contribution in [3.8, 4) is 0 Å². The summed E-state index contributed by atoms with van der Waals surface area (Å²) in [5.74, 6) is -1.68. The lowest BCUT2D eigenvalue weighted by atomic mass is 10.1. The lowest BCUT2D eigenvalue weighted by Crippen LogP contribution is -2.15. The molecule has 0 unspecified atom stereocenters. The number of nitrogens with zero attached hydrogens (tertiary/aromatic N) is 2. The first-order chi connectivity index (χ1) is 9.49. The van der Waals surface area contributed by atoms with Gasteiger partial charge in [-0.25, -0.2) is 4.98 Å². The number of halogens is 2. The van der Waals surface area contributed by atoms with Crippen molar-refractivity contribution < 1.29 is 14.1 Å². The van der Waals surface area contributed by atoms with Crippen LogP contribution in [0.3, 0.4) is 0 Å². The van der Waals surface area contributed by atoms with Crippen molar-refractivity contribution in [3.05, 3.63) is 63.0 Å². The van der Waals surface area contributed by atoms with Gasteiger partial charge in [0.1, 0.15) is 11.4 Å². The molecule has 0 saturated heterocycles. The molecule has 1 N–H and O–H groups in total. The first-order valence-electron chi connectivity index (χ1n) is 5.36. The Hall–Kier alpha value is -2.54. The average molecular weight is 296 g/mol. The van der Waals surface area contributed by atoms with E-state index in [4.69, 9.17) is 11.6 Å². The maximum absolute atomic E-state index is 12.9. The zero-order valence-electron chi connectivity index (χ0n) is 9.84. The van der Waals surface area contributed by atoms with Crippen molar-refractivity contribution in [1.82, 2.24) is 4.98 Å². The van der Waals surface area contributed by atoms with E-state index in [-0.39, 0.29) is 16.4 Å². The number of hydrogen-bond donors (Lipinski definition) is 1. The number of nitro groups is 1. The number of anilines is 1. The van der Waals surface area contributed by atoms with Crippen LogP contribution in [-0.4, -0.2) is 15.8 Å². The number of nitro benzene ring substituents is 1. The van der Waals surface area contributed by atoms with E-state index >= 15 is 0 Å². The molecule has 0 saturated carbocycles. The molecule has 1 aromatic carbocycles. The molecule has 0 radical (unpaired) electrons. The fourth-order valence-electron chi connectivity index (χ4n) is 1.55. The Kier molecular flexibility index (Phi) is 3.90. The van der Waals surface area contributed by atoms with Gasteiger partial charge in [0.2, 0.25) is 5.95 Å². The molecule has 20 heavy (non-hydrogen) atoms. The summed E-state index contributed by atoms with van der Waals surface area (Å²) in [6.07, 6.45) is 0. The van der Waals surface area contributed by atoms with Gasteiger partial charge in [0, 0.05) is 6.07 Å². The van der Waals surface area contributed by atoms with Crippen LogP contribution in [0.15, 0.2) is 36.4 Å². The molecule has 0 aliphatic heterocycles. The summed E-state index contributed by atoms with van der Waals surface area (Å²) in [7, 11) is 0. The van der Waals surface area contributed by atoms with E-state index in [1.165, 1.54) is 24.3 Å². The third-order valence-corrected chi connectivity index (χ3v) is 2.69. The van der Waals surface area contributed by atoms with E-state index < -0.39 is 22.5 Å². The van der Waals surface area contributed by atoms with Crippen molar-refractivity contribution in [2.45, 2.75) is 0 Å². The van der Waals surface area contributed by atoms with Crippen LogP contribution in [-0.2, 0) is 0 Å². The predicted molar refractivity (Wildman–Crippen MR) is 70.3 cm³/mol. The van der Waals surface area contributed by atoms with E-state index in [9.17, 15) is 19.3 Å². The zero-order valence-corrected chi connectivity index (χ0v) is 10.6. The van der Waals surface area contributed by atoms with Crippen LogP contribution in [0.25, 0.3) is 0 Å². The maximum Gasteiger partial charge on any atom is 0.283 e. The SMILES string of the molecule is O=C(Nc1cccc(F)n1)c1c(Cl)cccc1[N+](=O)[O-]. The lowest BCUT2D eigenvalue weighted by molar-refractivity contribution is -0.385. The van der Waals surface area contributed by atoms with E-state index in [0.717, 1.165) is 12.1 Å². The number of pyridine rings is 1. The normalized spacial score (nSPS) is 10.1. The smallest absolute Gasteiger partial charge is 0.283 e. The Balaban J connectivity index is 2.37. The van der Waals surface area contributed by atoms with Gasteiger partial charge >= 0.3 is 0 Å². The minimum Gasteiger partial charge on any atom is -0.306 e. The maximum atomic E-state index is 12.9. The summed E-state index contributed by atoms with van der Waals surface area (Å²) >= 11 is 5.81. The number of carbonyl (C=O) groups excluding carboxylic acids is 1. The second-order valence-electron chi connectivity index (χ2n) is 3.69. The highest BCUT2D eigenvalue weighted by Crippen LogP contribution is 2.26. The van der Waals surface area contributed by atoms with E-state index in [1.807, 2.05) is 0 Å². The van der Waals surface area contributed by atoms with Crippen LogP contribution in [0.2, 0.25) is 5.02 Å². The molecule has 0 aliphatic carbocycles. The van der Waals surface area contributed by atoms with Gasteiger partial charge in [0.15, 0.2) is 0 Å². The molecular weight excluding hydrogens is 289 g/mol. The second-order valence-corrected chi connectivity index (χ2v) is 4.10. The third-order valence-electron chi connectivity index (χ3n) is 2.37. The molecule has 1 aromatic heterocycles. The van der Waals surface area contributed by atoms with E-state index in [0.29, 0.717) is 0 Å². The highest BCUT2D eigenvalue weighted by atomic mass is 35.5. The molecule has 0 atom stereocenters. The van der Waals surface area contributed by atoms with E-state index in [2.05, 4.69) is 10.3 Å². The Morgan fingerprint density at radius 2 is 2.00 bits per heavy atom. The van der Waals surface area contributed by atoms with Crippen LogP contribution in [0, 0.1) is 16.1 Å². The summed E-state index contributed by atoms with van der Waals surface area (Å²) in [6.45, 7) is 0. The van der Waals surface area contributed by atoms with Gasteiger partial charge in [0.25, 0.3) is 11.6 Å². The fraction of sp³-hybridized carbons (Fsp3) is 0. The van der Waals surface area contributed by atoms with Gasteiger partial charge in [-0.3, -0.25) is 14.9 Å². The van der Waals surface area contributed by atoms with Crippen LogP contribution >= 0.6 is 11.6 Å². The molecule has 0 fully saturated rings. The van der Waals surface area contributed by atoms with Crippen molar-refractivity contribution in [3.63, 3.8) is 0 Å². The van der Waals surface area contributed by atoms with Crippen LogP contribution in [0.1, 0.15) is 10.4 Å². The molecule has 0 aliphatic rings. The topological polar surface area (TPSA) is 85.1 Å². The number of carbonyl (C=O) groups is 1. The molecular formula is C12H7ClFN3O3. The highest BCUT2D eigenvalue weighted by molar-refractivity contribution is 6.35. The number of rotatable bonds is 3. The Labute approximate surface area is 117 Å². The predicted octanol–water partition coefficient (Wildman–Crippen LogP) is 3.03. The molecule has 6 nitrogen and oxygen atoms in total. The van der Waals surface area contributed by atoms with Gasteiger partial charge in [-0.1, -0.05) is 23.7 Å². The Bertz CT molecular complexity index is 693. The first kappa shape index (κ1) is 13.9. The van der Waals surface area contributed by atoms with E-state index in [1.54, 1.807) is 0 Å². The lowest BCUT2D eigenvalue weighted by Gasteiger charge is -2.06. The van der Waals surface area contributed by atoms with Gasteiger partial charge in [-0.05, 0) is 18.2 Å². The molecule has 0 bridgehead atoms. The first-order valence-corrected chi connectivity index (χ1v) is 5.73. The molecule has 2 aromatic rings. The van der Waals surface area contributed by atoms with Gasteiger partial charge in [0.05, 0.1) is 9.95 Å². The number of amides is 1. The molecule has 2 rings (SSSR count). The fourth-order valence-corrected chi connectivity index (χ4v) is 1.80. The van der Waals surface area contributed by atoms with Crippen molar-refractivity contribution in [1.29, 1.82) is 0 Å². The van der Waals surface area contributed by atoms with Gasteiger partial charge < -0.3 is 5.32 Å². The number of aromatic nitrogens is 1.